The van der Waals surface area contributed by atoms with Crippen molar-refractivity contribution in [1.82, 2.24) is 4.90 Å². The predicted octanol–water partition coefficient (Wildman–Crippen LogP) is 0.540. The van der Waals surface area contributed by atoms with Gasteiger partial charge < -0.3 is 11.5 Å². The number of hydrogen-bond acceptors (Lipinski definition) is 3. The van der Waals surface area contributed by atoms with Gasteiger partial charge in [0, 0.05) is 18.2 Å². The second-order valence-electron chi connectivity index (χ2n) is 3.85. The van der Waals surface area contributed by atoms with E-state index in [2.05, 4.69) is 11.0 Å². The molecule has 13 heavy (non-hydrogen) atoms. The predicted molar refractivity (Wildman–Crippen MR) is 53.8 cm³/mol. The summed E-state index contributed by atoms with van der Waals surface area (Å²) in [5, 5.41) is 0. The first-order chi connectivity index (χ1) is 6.27. The Morgan fingerprint density at radius 2 is 1.92 bits per heavy atom. The molecule has 3 heteroatoms. The van der Waals surface area contributed by atoms with Crippen LogP contribution in [0.5, 0.6) is 0 Å². The van der Waals surface area contributed by atoms with Crippen molar-refractivity contribution in [2.75, 3.05) is 13.1 Å². The summed E-state index contributed by atoms with van der Waals surface area (Å²) in [5.74, 6) is 0. The molecule has 4 N–H and O–H groups in total. The van der Waals surface area contributed by atoms with Crippen LogP contribution in [0.3, 0.4) is 0 Å². The lowest BCUT2D eigenvalue weighted by molar-refractivity contribution is 0.279. The van der Waals surface area contributed by atoms with E-state index in [0.717, 1.165) is 17.8 Å². The SMILES string of the molecule is NC1=C(N)CC(N2CCCC2)C=C1. The number of nitrogens with two attached hydrogens (primary N) is 2. The number of likely N-dealkylation sites (tertiary alicyclic amines) is 1. The van der Waals surface area contributed by atoms with E-state index in [9.17, 15) is 0 Å². The Bertz CT molecular complexity index is 249. The van der Waals surface area contributed by atoms with Crippen molar-refractivity contribution in [3.05, 3.63) is 23.5 Å². The van der Waals surface area contributed by atoms with Crippen LogP contribution >= 0.6 is 0 Å². The van der Waals surface area contributed by atoms with Crippen LogP contribution in [0.4, 0.5) is 0 Å². The first-order valence-corrected chi connectivity index (χ1v) is 4.94. The minimum Gasteiger partial charge on any atom is -0.400 e. The minimum atomic E-state index is 0.495. The molecule has 1 heterocycles. The normalized spacial score (nSPS) is 30.0. The average molecular weight is 179 g/mol. The van der Waals surface area contributed by atoms with E-state index >= 15 is 0 Å². The molecule has 3 nitrogen and oxygen atoms in total. The standard InChI is InChI=1S/C10H17N3/c11-9-4-3-8(7-10(9)12)13-5-1-2-6-13/h3-4,8H,1-2,5-7,11-12H2. The summed E-state index contributed by atoms with van der Waals surface area (Å²) >= 11 is 0. The van der Waals surface area contributed by atoms with Crippen LogP contribution < -0.4 is 11.5 Å². The van der Waals surface area contributed by atoms with Gasteiger partial charge in [0.1, 0.15) is 0 Å². The Morgan fingerprint density at radius 3 is 2.54 bits per heavy atom. The average Bonchev–Trinajstić information content (AvgIpc) is 2.62. The Hall–Kier alpha value is -0.960. The zero-order valence-corrected chi connectivity index (χ0v) is 7.87. The molecule has 0 bridgehead atoms. The van der Waals surface area contributed by atoms with Crippen molar-refractivity contribution in [3.63, 3.8) is 0 Å². The molecule has 0 amide bonds. The third-order valence-corrected chi connectivity index (χ3v) is 2.91. The quantitative estimate of drug-likeness (QED) is 0.617. The monoisotopic (exact) mass is 179 g/mol. The highest BCUT2D eigenvalue weighted by Gasteiger charge is 2.22. The molecule has 0 saturated carbocycles. The minimum absolute atomic E-state index is 0.495. The zero-order valence-electron chi connectivity index (χ0n) is 7.87. The van der Waals surface area contributed by atoms with Gasteiger partial charge in [-0.25, -0.2) is 0 Å². The molecule has 1 unspecified atom stereocenters. The Balaban J connectivity index is 2.01. The molecule has 0 aromatic rings. The fraction of sp³-hybridized carbons (Fsp3) is 0.600. The molecule has 1 saturated heterocycles. The van der Waals surface area contributed by atoms with E-state index in [1.54, 1.807) is 0 Å². The lowest BCUT2D eigenvalue weighted by Gasteiger charge is -2.27. The van der Waals surface area contributed by atoms with E-state index < -0.39 is 0 Å². The van der Waals surface area contributed by atoms with Crippen LogP contribution in [0, 0.1) is 0 Å². The maximum absolute atomic E-state index is 5.81. The first-order valence-electron chi connectivity index (χ1n) is 4.94. The molecule has 2 rings (SSSR count). The van der Waals surface area contributed by atoms with Crippen molar-refractivity contribution in [1.29, 1.82) is 0 Å². The summed E-state index contributed by atoms with van der Waals surface area (Å²) in [6, 6.07) is 0.495. The number of hydrogen-bond donors (Lipinski definition) is 2. The molecule has 0 spiro atoms. The zero-order chi connectivity index (χ0) is 9.26. The maximum atomic E-state index is 5.81. The van der Waals surface area contributed by atoms with E-state index in [1.807, 2.05) is 6.08 Å². The summed E-state index contributed by atoms with van der Waals surface area (Å²) < 4.78 is 0. The van der Waals surface area contributed by atoms with E-state index in [4.69, 9.17) is 11.5 Å². The van der Waals surface area contributed by atoms with Gasteiger partial charge in [-0.15, -0.1) is 0 Å². The van der Waals surface area contributed by atoms with Crippen LogP contribution in [0.1, 0.15) is 19.3 Å². The molecule has 1 fully saturated rings. The van der Waals surface area contributed by atoms with Gasteiger partial charge in [-0.2, -0.15) is 0 Å². The largest absolute Gasteiger partial charge is 0.400 e. The summed E-state index contributed by atoms with van der Waals surface area (Å²) in [7, 11) is 0. The molecule has 0 radical (unpaired) electrons. The summed E-state index contributed by atoms with van der Waals surface area (Å²) in [6.07, 6.45) is 7.67. The third kappa shape index (κ3) is 1.70. The number of nitrogens with zero attached hydrogens (tertiary/aromatic N) is 1. The van der Waals surface area contributed by atoms with Crippen molar-refractivity contribution in [3.8, 4) is 0 Å². The molecular weight excluding hydrogens is 162 g/mol. The second kappa shape index (κ2) is 3.42. The van der Waals surface area contributed by atoms with Gasteiger partial charge in [0.2, 0.25) is 0 Å². The smallest absolute Gasteiger partial charge is 0.0502 e. The van der Waals surface area contributed by atoms with Gasteiger partial charge in [-0.05, 0) is 32.0 Å². The Labute approximate surface area is 79.1 Å². The van der Waals surface area contributed by atoms with Gasteiger partial charge in [-0.1, -0.05) is 6.08 Å². The molecule has 1 aliphatic carbocycles. The summed E-state index contributed by atoms with van der Waals surface area (Å²) in [6.45, 7) is 2.42. The molecular formula is C10H17N3. The molecule has 0 aromatic heterocycles. The van der Waals surface area contributed by atoms with Gasteiger partial charge >= 0.3 is 0 Å². The molecule has 0 aromatic carbocycles. The Morgan fingerprint density at radius 1 is 1.23 bits per heavy atom. The fourth-order valence-corrected chi connectivity index (χ4v) is 2.06. The second-order valence-corrected chi connectivity index (χ2v) is 3.85. The van der Waals surface area contributed by atoms with Crippen molar-refractivity contribution in [2.24, 2.45) is 11.5 Å². The van der Waals surface area contributed by atoms with Crippen LogP contribution in [0.2, 0.25) is 0 Å². The van der Waals surface area contributed by atoms with Gasteiger partial charge in [0.15, 0.2) is 0 Å². The van der Waals surface area contributed by atoms with E-state index in [-0.39, 0.29) is 0 Å². The van der Waals surface area contributed by atoms with E-state index in [0.29, 0.717) is 6.04 Å². The van der Waals surface area contributed by atoms with Gasteiger partial charge in [-0.3, -0.25) is 4.90 Å². The van der Waals surface area contributed by atoms with Crippen LogP contribution in [-0.4, -0.2) is 24.0 Å². The third-order valence-electron chi connectivity index (χ3n) is 2.91. The van der Waals surface area contributed by atoms with Gasteiger partial charge in [0.25, 0.3) is 0 Å². The maximum Gasteiger partial charge on any atom is 0.0502 e. The molecule has 1 aliphatic heterocycles. The van der Waals surface area contributed by atoms with Crippen molar-refractivity contribution in [2.45, 2.75) is 25.3 Å². The topological polar surface area (TPSA) is 55.3 Å². The highest BCUT2D eigenvalue weighted by atomic mass is 15.2. The first kappa shape index (κ1) is 8.63. The summed E-state index contributed by atoms with van der Waals surface area (Å²) in [4.78, 5) is 2.48. The van der Waals surface area contributed by atoms with Crippen LogP contribution in [-0.2, 0) is 0 Å². The van der Waals surface area contributed by atoms with Gasteiger partial charge in [0.05, 0.1) is 5.70 Å². The number of allylic oxidation sites excluding steroid dienone is 1. The summed E-state index contributed by atoms with van der Waals surface area (Å²) in [5.41, 5.74) is 13.1. The van der Waals surface area contributed by atoms with Crippen LogP contribution in [0.25, 0.3) is 0 Å². The fourth-order valence-electron chi connectivity index (χ4n) is 2.06. The number of rotatable bonds is 1. The lowest BCUT2D eigenvalue weighted by atomic mass is 10.0. The lowest BCUT2D eigenvalue weighted by Crippen LogP contribution is -2.34. The van der Waals surface area contributed by atoms with E-state index in [1.165, 1.54) is 25.9 Å². The van der Waals surface area contributed by atoms with Crippen LogP contribution in [0.15, 0.2) is 23.5 Å². The van der Waals surface area contributed by atoms with Crippen molar-refractivity contribution >= 4 is 0 Å². The highest BCUT2D eigenvalue weighted by molar-refractivity contribution is 5.28. The van der Waals surface area contributed by atoms with Crippen molar-refractivity contribution < 1.29 is 0 Å². The highest BCUT2D eigenvalue weighted by Crippen LogP contribution is 2.20. The molecule has 2 aliphatic rings. The molecule has 72 valence electrons. The Kier molecular flexibility index (Phi) is 2.27. The molecule has 1 atom stereocenters.